The van der Waals surface area contributed by atoms with Crippen LogP contribution in [0, 0.1) is 0 Å². The fraction of sp³-hybridized carbons (Fsp3) is 0.917. The largest absolute Gasteiger partial charge is 0.371 e. The first-order valence-corrected chi connectivity index (χ1v) is 8.49. The lowest BCUT2D eigenvalue weighted by Crippen LogP contribution is -2.52. The molecule has 2 saturated heterocycles. The average Bonchev–Trinajstić information content (AvgIpc) is 2.38. The first-order chi connectivity index (χ1) is 8.20. The van der Waals surface area contributed by atoms with Gasteiger partial charge in [-0.15, -0.1) is 11.8 Å². The van der Waals surface area contributed by atoms with E-state index >= 15 is 0 Å². The third-order valence-electron chi connectivity index (χ3n) is 3.27. The van der Waals surface area contributed by atoms with E-state index in [1.165, 1.54) is 12.8 Å². The molecule has 0 saturated carbocycles. The third kappa shape index (κ3) is 3.61. The Morgan fingerprint density at radius 2 is 2.29 bits per heavy atom. The minimum Gasteiger partial charge on any atom is -0.371 e. The molecule has 0 radical (unpaired) electrons. The lowest BCUT2D eigenvalue weighted by Gasteiger charge is -2.38. The highest BCUT2D eigenvalue weighted by Crippen LogP contribution is 2.27. The van der Waals surface area contributed by atoms with Gasteiger partial charge in [-0.3, -0.25) is 4.79 Å². The minimum atomic E-state index is 0.149. The molecule has 2 heterocycles. The second kappa shape index (κ2) is 6.43. The van der Waals surface area contributed by atoms with Crippen molar-refractivity contribution < 1.29 is 9.53 Å². The summed E-state index contributed by atoms with van der Waals surface area (Å²) in [6, 6.07) is 0. The molecule has 2 rings (SSSR count). The first-order valence-electron chi connectivity index (χ1n) is 6.32. The predicted octanol–water partition coefficient (Wildman–Crippen LogP) is 2.28. The maximum absolute atomic E-state index is 12.4. The number of amides is 1. The Kier molecular flexibility index (Phi) is 5.18. The van der Waals surface area contributed by atoms with Crippen LogP contribution in [0.15, 0.2) is 0 Å². The number of halogens is 1. The maximum atomic E-state index is 12.4. The van der Waals surface area contributed by atoms with Crippen LogP contribution in [0.5, 0.6) is 0 Å². The zero-order valence-electron chi connectivity index (χ0n) is 10.2. The van der Waals surface area contributed by atoms with E-state index in [9.17, 15) is 4.79 Å². The van der Waals surface area contributed by atoms with Crippen LogP contribution in [0.2, 0.25) is 0 Å². The number of ether oxygens (including phenoxy) is 1. The molecule has 0 N–H and O–H groups in total. The van der Waals surface area contributed by atoms with Crippen LogP contribution in [0.3, 0.4) is 0 Å². The molecule has 0 spiro atoms. The Balaban J connectivity index is 1.93. The smallest absolute Gasteiger partial charge is 0.235 e. The molecule has 2 aliphatic rings. The number of nitrogens with zero attached hydrogens (tertiary/aromatic N) is 1. The van der Waals surface area contributed by atoms with E-state index in [0.29, 0.717) is 5.91 Å². The number of morpholine rings is 1. The van der Waals surface area contributed by atoms with Gasteiger partial charge in [0.05, 0.1) is 17.5 Å². The van der Waals surface area contributed by atoms with Crippen LogP contribution in [0.1, 0.15) is 26.2 Å². The van der Waals surface area contributed by atoms with Crippen LogP contribution in [-0.2, 0) is 9.53 Å². The zero-order valence-corrected chi connectivity index (χ0v) is 12.6. The van der Waals surface area contributed by atoms with E-state index in [1.807, 2.05) is 23.6 Å². The molecule has 17 heavy (non-hydrogen) atoms. The summed E-state index contributed by atoms with van der Waals surface area (Å²) < 4.78 is 5.76. The van der Waals surface area contributed by atoms with Crippen molar-refractivity contribution in [2.45, 2.75) is 43.6 Å². The average molecular weight is 322 g/mol. The summed E-state index contributed by atoms with van der Waals surface area (Å²) in [7, 11) is 0. The molecule has 0 aromatic rings. The standard InChI is InChI=1S/C12H20BrNO2S/c1-9-7-14(8-10(6-13)16-9)12(15)11-4-2-3-5-17-11/h9-11H,2-8H2,1H3. The molecule has 0 bridgehead atoms. The Hall–Kier alpha value is 0.260. The van der Waals surface area contributed by atoms with E-state index in [0.717, 1.165) is 30.6 Å². The van der Waals surface area contributed by atoms with Crippen molar-refractivity contribution in [2.75, 3.05) is 24.2 Å². The molecular weight excluding hydrogens is 302 g/mol. The van der Waals surface area contributed by atoms with Crippen molar-refractivity contribution in [3.63, 3.8) is 0 Å². The topological polar surface area (TPSA) is 29.5 Å². The zero-order chi connectivity index (χ0) is 12.3. The minimum absolute atomic E-state index is 0.149. The van der Waals surface area contributed by atoms with Gasteiger partial charge in [-0.05, 0) is 25.5 Å². The third-order valence-corrected chi connectivity index (χ3v) is 5.35. The van der Waals surface area contributed by atoms with Gasteiger partial charge < -0.3 is 9.64 Å². The molecule has 0 aromatic heterocycles. The number of rotatable bonds is 2. The number of alkyl halides is 1. The fourth-order valence-corrected chi connectivity index (χ4v) is 4.09. The van der Waals surface area contributed by atoms with Gasteiger partial charge in [0.1, 0.15) is 0 Å². The Morgan fingerprint density at radius 3 is 2.94 bits per heavy atom. The highest BCUT2D eigenvalue weighted by molar-refractivity contribution is 9.09. The second-order valence-electron chi connectivity index (χ2n) is 4.82. The number of thioether (sulfide) groups is 1. The molecular formula is C12H20BrNO2S. The molecule has 2 aliphatic heterocycles. The van der Waals surface area contributed by atoms with Crippen molar-refractivity contribution in [1.29, 1.82) is 0 Å². The van der Waals surface area contributed by atoms with Gasteiger partial charge in [-0.2, -0.15) is 0 Å². The molecule has 5 heteroatoms. The van der Waals surface area contributed by atoms with E-state index < -0.39 is 0 Å². The Labute approximate surface area is 116 Å². The van der Waals surface area contributed by atoms with Crippen molar-refractivity contribution in [1.82, 2.24) is 4.90 Å². The summed E-state index contributed by atoms with van der Waals surface area (Å²) in [5.41, 5.74) is 0. The van der Waals surface area contributed by atoms with E-state index in [2.05, 4.69) is 15.9 Å². The van der Waals surface area contributed by atoms with Crippen molar-refractivity contribution in [3.8, 4) is 0 Å². The number of hydrogen-bond acceptors (Lipinski definition) is 3. The molecule has 3 nitrogen and oxygen atoms in total. The summed E-state index contributed by atoms with van der Waals surface area (Å²) in [6.45, 7) is 3.54. The number of carbonyl (C=O) groups excluding carboxylic acids is 1. The second-order valence-corrected chi connectivity index (χ2v) is 6.78. The predicted molar refractivity (Wildman–Crippen MR) is 74.8 cm³/mol. The summed E-state index contributed by atoms with van der Waals surface area (Å²) in [5.74, 6) is 1.47. The summed E-state index contributed by atoms with van der Waals surface area (Å²) in [5, 5.41) is 1.00. The van der Waals surface area contributed by atoms with Gasteiger partial charge in [0.15, 0.2) is 0 Å². The van der Waals surface area contributed by atoms with Gasteiger partial charge >= 0.3 is 0 Å². The number of hydrogen-bond donors (Lipinski definition) is 0. The van der Waals surface area contributed by atoms with E-state index in [4.69, 9.17) is 4.74 Å². The van der Waals surface area contributed by atoms with Crippen LogP contribution in [-0.4, -0.2) is 52.4 Å². The highest BCUT2D eigenvalue weighted by Gasteiger charge is 2.32. The van der Waals surface area contributed by atoms with Gasteiger partial charge in [0, 0.05) is 18.4 Å². The van der Waals surface area contributed by atoms with E-state index in [-0.39, 0.29) is 17.5 Å². The van der Waals surface area contributed by atoms with E-state index in [1.54, 1.807) is 0 Å². The molecule has 1 amide bonds. The van der Waals surface area contributed by atoms with Crippen molar-refractivity contribution >= 4 is 33.6 Å². The normalized spacial score (nSPS) is 34.7. The molecule has 98 valence electrons. The lowest BCUT2D eigenvalue weighted by atomic mass is 10.1. The van der Waals surface area contributed by atoms with Crippen molar-refractivity contribution in [2.24, 2.45) is 0 Å². The maximum Gasteiger partial charge on any atom is 0.235 e. The SMILES string of the molecule is CC1CN(C(=O)C2CCCCS2)CC(CBr)O1. The quantitative estimate of drug-likeness (QED) is 0.731. The summed E-state index contributed by atoms with van der Waals surface area (Å²) in [6.07, 6.45) is 3.82. The molecule has 3 unspecified atom stereocenters. The highest BCUT2D eigenvalue weighted by atomic mass is 79.9. The van der Waals surface area contributed by atoms with Gasteiger partial charge in [-0.25, -0.2) is 0 Å². The molecule has 3 atom stereocenters. The Morgan fingerprint density at radius 1 is 1.47 bits per heavy atom. The molecule has 0 aliphatic carbocycles. The van der Waals surface area contributed by atoms with Crippen LogP contribution < -0.4 is 0 Å². The Bertz CT molecular complexity index is 271. The first kappa shape index (κ1) is 13.7. The van der Waals surface area contributed by atoms with Crippen LogP contribution in [0.4, 0.5) is 0 Å². The van der Waals surface area contributed by atoms with Gasteiger partial charge in [-0.1, -0.05) is 22.4 Å². The molecule has 2 fully saturated rings. The van der Waals surface area contributed by atoms with Gasteiger partial charge in [0.25, 0.3) is 0 Å². The lowest BCUT2D eigenvalue weighted by molar-refractivity contribution is -0.142. The van der Waals surface area contributed by atoms with Crippen LogP contribution in [0.25, 0.3) is 0 Å². The number of carbonyl (C=O) groups is 1. The summed E-state index contributed by atoms with van der Waals surface area (Å²) in [4.78, 5) is 14.4. The molecule has 0 aromatic carbocycles. The van der Waals surface area contributed by atoms with Crippen LogP contribution >= 0.6 is 27.7 Å². The summed E-state index contributed by atoms with van der Waals surface area (Å²) >= 11 is 5.27. The monoisotopic (exact) mass is 321 g/mol. The van der Waals surface area contributed by atoms with Crippen molar-refractivity contribution in [3.05, 3.63) is 0 Å². The fourth-order valence-electron chi connectivity index (χ4n) is 2.45. The van der Waals surface area contributed by atoms with Gasteiger partial charge in [0.2, 0.25) is 5.91 Å².